The Morgan fingerprint density at radius 1 is 1.03 bits per heavy atom. The number of nitrogens with one attached hydrogen (secondary N) is 3. The molecule has 0 atom stereocenters. The summed E-state index contributed by atoms with van der Waals surface area (Å²) < 4.78 is 0. The van der Waals surface area contributed by atoms with Crippen molar-refractivity contribution in [3.05, 3.63) is 70.9 Å². The summed E-state index contributed by atoms with van der Waals surface area (Å²) in [6.07, 6.45) is 3.01. The number of aryl methyl sites for hydroxylation is 1. The smallest absolute Gasteiger partial charge is 0.253 e. The summed E-state index contributed by atoms with van der Waals surface area (Å²) in [5.41, 5.74) is 5.54. The van der Waals surface area contributed by atoms with Crippen LogP contribution in [0.15, 0.2) is 53.7 Å². The fraction of sp³-hybridized carbons (Fsp3) is 0.385. The number of aromatic amines is 1. The number of rotatable bonds is 9. The molecule has 0 unspecified atom stereocenters. The van der Waals surface area contributed by atoms with E-state index in [9.17, 15) is 4.79 Å². The Morgan fingerprint density at radius 3 is 2.47 bits per heavy atom. The van der Waals surface area contributed by atoms with E-state index in [1.54, 1.807) is 0 Å². The first-order valence-electron chi connectivity index (χ1n) is 11.5. The molecule has 0 saturated carbocycles. The van der Waals surface area contributed by atoms with Crippen molar-refractivity contribution in [1.82, 2.24) is 20.5 Å². The normalized spacial score (nSPS) is 11.6. The molecule has 1 aromatic heterocycles. The molecule has 0 saturated heterocycles. The molecule has 0 aliphatic rings. The van der Waals surface area contributed by atoms with Crippen LogP contribution in [0.25, 0.3) is 10.9 Å². The standard InChI is InChI=1S/C26H35N5O/c1-5-27-26(28-15-14-22-18-29-24-16-19(4)8-13-23(22)24)30-17-20-9-11-21(12-10-20)25(32)31(6-2)7-3/h8-13,16,18,29H,5-7,14-15,17H2,1-4H3,(H2,27,28,30). The average molecular weight is 434 g/mol. The summed E-state index contributed by atoms with van der Waals surface area (Å²) >= 11 is 0. The number of carbonyl (C=O) groups excluding carboxylic acids is 1. The summed E-state index contributed by atoms with van der Waals surface area (Å²) in [6.45, 7) is 11.8. The second-order valence-corrected chi connectivity index (χ2v) is 7.91. The molecule has 0 aliphatic carbocycles. The fourth-order valence-electron chi connectivity index (χ4n) is 3.78. The van der Waals surface area contributed by atoms with E-state index in [-0.39, 0.29) is 5.91 Å². The van der Waals surface area contributed by atoms with Gasteiger partial charge in [-0.25, -0.2) is 4.99 Å². The van der Waals surface area contributed by atoms with Crippen LogP contribution in [0.3, 0.4) is 0 Å². The quantitative estimate of drug-likeness (QED) is 0.349. The van der Waals surface area contributed by atoms with Gasteiger partial charge < -0.3 is 20.5 Å². The van der Waals surface area contributed by atoms with Crippen LogP contribution in [-0.2, 0) is 13.0 Å². The molecule has 3 N–H and O–H groups in total. The lowest BCUT2D eigenvalue weighted by molar-refractivity contribution is 0.0773. The zero-order valence-electron chi connectivity index (χ0n) is 19.7. The Hall–Kier alpha value is -3.28. The maximum Gasteiger partial charge on any atom is 0.253 e. The molecule has 0 aliphatic heterocycles. The van der Waals surface area contributed by atoms with Crippen molar-refractivity contribution in [2.24, 2.45) is 4.99 Å². The Morgan fingerprint density at radius 2 is 1.78 bits per heavy atom. The molecule has 3 aromatic rings. The van der Waals surface area contributed by atoms with E-state index in [4.69, 9.17) is 4.99 Å². The van der Waals surface area contributed by atoms with Gasteiger partial charge in [-0.1, -0.05) is 24.3 Å². The lowest BCUT2D eigenvalue weighted by Gasteiger charge is -2.18. The molecule has 1 amide bonds. The van der Waals surface area contributed by atoms with Crippen molar-refractivity contribution in [3.63, 3.8) is 0 Å². The average Bonchev–Trinajstić information content (AvgIpc) is 3.20. The molecule has 32 heavy (non-hydrogen) atoms. The number of H-pyrrole nitrogens is 1. The number of aliphatic imine (C=N–C) groups is 1. The van der Waals surface area contributed by atoms with Crippen molar-refractivity contribution in [3.8, 4) is 0 Å². The van der Waals surface area contributed by atoms with E-state index in [2.05, 4.69) is 53.9 Å². The molecule has 2 aromatic carbocycles. The highest BCUT2D eigenvalue weighted by Crippen LogP contribution is 2.19. The number of fused-ring (bicyclic) bond motifs is 1. The van der Waals surface area contributed by atoms with Gasteiger partial charge in [0.2, 0.25) is 0 Å². The predicted molar refractivity (Wildman–Crippen MR) is 133 cm³/mol. The Labute approximate surface area is 191 Å². The van der Waals surface area contributed by atoms with Gasteiger partial charge in [0.1, 0.15) is 0 Å². The number of hydrogen-bond acceptors (Lipinski definition) is 2. The molecule has 0 fully saturated rings. The highest BCUT2D eigenvalue weighted by atomic mass is 16.2. The van der Waals surface area contributed by atoms with Gasteiger partial charge in [0.25, 0.3) is 5.91 Å². The van der Waals surface area contributed by atoms with Crippen LogP contribution >= 0.6 is 0 Å². The van der Waals surface area contributed by atoms with Crippen molar-refractivity contribution in [1.29, 1.82) is 0 Å². The molecule has 170 valence electrons. The highest BCUT2D eigenvalue weighted by Gasteiger charge is 2.12. The third kappa shape index (κ3) is 5.90. The Bertz CT molecular complexity index is 1050. The molecule has 0 spiro atoms. The largest absolute Gasteiger partial charge is 0.361 e. The lowest BCUT2D eigenvalue weighted by Crippen LogP contribution is -2.38. The molecule has 1 heterocycles. The van der Waals surface area contributed by atoms with Gasteiger partial charge in [0, 0.05) is 48.8 Å². The van der Waals surface area contributed by atoms with Crippen molar-refractivity contribution < 1.29 is 4.79 Å². The number of guanidine groups is 1. The van der Waals surface area contributed by atoms with Gasteiger partial charge >= 0.3 is 0 Å². The Kier molecular flexibility index (Phi) is 8.31. The van der Waals surface area contributed by atoms with E-state index in [1.165, 1.54) is 22.0 Å². The SMILES string of the molecule is CCNC(=NCc1ccc(C(=O)N(CC)CC)cc1)NCCc1c[nH]c2cc(C)ccc12. The summed E-state index contributed by atoms with van der Waals surface area (Å²) in [7, 11) is 0. The summed E-state index contributed by atoms with van der Waals surface area (Å²) in [6, 6.07) is 14.3. The van der Waals surface area contributed by atoms with Gasteiger partial charge in [-0.2, -0.15) is 0 Å². The van der Waals surface area contributed by atoms with Crippen molar-refractivity contribution >= 4 is 22.8 Å². The van der Waals surface area contributed by atoms with Crippen LogP contribution in [0.1, 0.15) is 47.8 Å². The van der Waals surface area contributed by atoms with Gasteiger partial charge in [0.15, 0.2) is 5.96 Å². The van der Waals surface area contributed by atoms with Crippen LogP contribution in [-0.4, -0.2) is 47.9 Å². The van der Waals surface area contributed by atoms with Crippen LogP contribution < -0.4 is 10.6 Å². The number of carbonyl (C=O) groups is 1. The maximum atomic E-state index is 12.5. The number of hydrogen-bond donors (Lipinski definition) is 3. The van der Waals surface area contributed by atoms with Gasteiger partial charge in [-0.3, -0.25) is 4.79 Å². The number of benzene rings is 2. The first-order chi connectivity index (χ1) is 15.5. The predicted octanol–water partition coefficient (Wildman–Crippen LogP) is 4.26. The minimum absolute atomic E-state index is 0.0764. The second kappa shape index (κ2) is 11.4. The minimum atomic E-state index is 0.0764. The molecule has 0 radical (unpaired) electrons. The maximum absolute atomic E-state index is 12.5. The molecular weight excluding hydrogens is 398 g/mol. The van der Waals surface area contributed by atoms with Crippen LogP contribution in [0.4, 0.5) is 0 Å². The third-order valence-electron chi connectivity index (χ3n) is 5.63. The first-order valence-corrected chi connectivity index (χ1v) is 11.5. The molecule has 6 nitrogen and oxygen atoms in total. The van der Waals surface area contributed by atoms with Gasteiger partial charge in [-0.15, -0.1) is 0 Å². The summed E-state index contributed by atoms with van der Waals surface area (Å²) in [4.78, 5) is 22.4. The highest BCUT2D eigenvalue weighted by molar-refractivity contribution is 5.94. The van der Waals surface area contributed by atoms with Crippen molar-refractivity contribution in [2.75, 3.05) is 26.2 Å². The fourth-order valence-corrected chi connectivity index (χ4v) is 3.78. The number of nitrogens with zero attached hydrogens (tertiary/aromatic N) is 2. The van der Waals surface area contributed by atoms with Crippen molar-refractivity contribution in [2.45, 2.75) is 40.7 Å². The molecule has 6 heteroatoms. The lowest BCUT2D eigenvalue weighted by atomic mass is 10.1. The van der Waals surface area contributed by atoms with Gasteiger partial charge in [-0.05, 0) is 69.0 Å². The molecule has 3 rings (SSSR count). The van der Waals surface area contributed by atoms with Gasteiger partial charge in [0.05, 0.1) is 6.54 Å². The van der Waals surface area contributed by atoms with E-state index >= 15 is 0 Å². The van der Waals surface area contributed by atoms with E-state index < -0.39 is 0 Å². The summed E-state index contributed by atoms with van der Waals surface area (Å²) in [5.74, 6) is 0.874. The first kappa shape index (κ1) is 23.4. The number of amides is 1. The third-order valence-corrected chi connectivity index (χ3v) is 5.63. The molecule has 0 bridgehead atoms. The van der Waals surface area contributed by atoms with Crippen LogP contribution in [0.5, 0.6) is 0 Å². The van der Waals surface area contributed by atoms with Crippen LogP contribution in [0.2, 0.25) is 0 Å². The minimum Gasteiger partial charge on any atom is -0.361 e. The van der Waals surface area contributed by atoms with E-state index in [0.29, 0.717) is 6.54 Å². The molecular formula is C26H35N5O. The second-order valence-electron chi connectivity index (χ2n) is 7.91. The van der Waals surface area contributed by atoms with E-state index in [0.717, 1.165) is 49.7 Å². The number of aromatic nitrogens is 1. The van der Waals surface area contributed by atoms with E-state index in [1.807, 2.05) is 43.0 Å². The Balaban J connectivity index is 1.57. The zero-order chi connectivity index (χ0) is 22.9. The zero-order valence-corrected chi connectivity index (χ0v) is 19.7. The topological polar surface area (TPSA) is 72.5 Å². The summed E-state index contributed by atoms with van der Waals surface area (Å²) in [5, 5.41) is 8.01. The van der Waals surface area contributed by atoms with Crippen LogP contribution in [0, 0.1) is 6.92 Å². The monoisotopic (exact) mass is 433 g/mol.